The Morgan fingerprint density at radius 2 is 1.88 bits per heavy atom. The van der Waals surface area contributed by atoms with Crippen LogP contribution in [0.25, 0.3) is 6.08 Å². The summed E-state index contributed by atoms with van der Waals surface area (Å²) in [5, 5.41) is 5.58. The van der Waals surface area contributed by atoms with Crippen LogP contribution in [0.1, 0.15) is 49.0 Å². The molecule has 1 aromatic rings. The zero-order chi connectivity index (χ0) is 18.4. The van der Waals surface area contributed by atoms with E-state index in [-0.39, 0.29) is 11.8 Å². The number of esters is 1. The van der Waals surface area contributed by atoms with Gasteiger partial charge in [-0.1, -0.05) is 19.1 Å². The van der Waals surface area contributed by atoms with Gasteiger partial charge < -0.3 is 15.4 Å². The minimum Gasteiger partial charge on any atom is -0.467 e. The molecule has 0 spiro atoms. The minimum absolute atomic E-state index is 0.0763. The lowest BCUT2D eigenvalue weighted by Crippen LogP contribution is -2.51. The molecule has 0 aliphatic heterocycles. The summed E-state index contributed by atoms with van der Waals surface area (Å²) in [5.41, 5.74) is 0.327. The fourth-order valence-electron chi connectivity index (χ4n) is 2.24. The van der Waals surface area contributed by atoms with Crippen molar-refractivity contribution in [3.05, 3.63) is 41.5 Å². The normalized spacial score (nSPS) is 16.1. The summed E-state index contributed by atoms with van der Waals surface area (Å²) in [6, 6.07) is 7.30. The van der Waals surface area contributed by atoms with E-state index in [0.717, 1.165) is 18.4 Å². The maximum absolute atomic E-state index is 12.0. The molecule has 1 aliphatic rings. The van der Waals surface area contributed by atoms with E-state index in [0.29, 0.717) is 18.0 Å². The molecule has 1 saturated carbocycles. The molecule has 6 nitrogen and oxygen atoms in total. The molecule has 0 aromatic heterocycles. The molecule has 1 atom stereocenters. The first-order valence-corrected chi connectivity index (χ1v) is 8.37. The van der Waals surface area contributed by atoms with Crippen LogP contribution in [0, 0.1) is 0 Å². The maximum atomic E-state index is 12.0. The van der Waals surface area contributed by atoms with E-state index in [1.165, 1.54) is 13.2 Å². The lowest BCUT2D eigenvalue weighted by molar-refractivity contribution is -0.149. The molecule has 0 bridgehead atoms. The molecule has 6 heteroatoms. The van der Waals surface area contributed by atoms with E-state index in [1.807, 2.05) is 0 Å². The van der Waals surface area contributed by atoms with E-state index >= 15 is 0 Å². The Labute approximate surface area is 147 Å². The Hall–Kier alpha value is -2.63. The molecule has 1 fully saturated rings. The van der Waals surface area contributed by atoms with Crippen molar-refractivity contribution in [2.45, 2.75) is 44.7 Å². The molecule has 1 aliphatic carbocycles. The van der Waals surface area contributed by atoms with E-state index in [4.69, 9.17) is 4.74 Å². The van der Waals surface area contributed by atoms with Gasteiger partial charge in [-0.2, -0.15) is 0 Å². The van der Waals surface area contributed by atoms with Crippen LogP contribution >= 0.6 is 0 Å². The second-order valence-electron chi connectivity index (χ2n) is 6.37. The van der Waals surface area contributed by atoms with Crippen molar-refractivity contribution in [1.29, 1.82) is 0 Å². The van der Waals surface area contributed by atoms with Crippen molar-refractivity contribution in [2.24, 2.45) is 0 Å². The quantitative estimate of drug-likeness (QED) is 0.586. The summed E-state index contributed by atoms with van der Waals surface area (Å²) in [6.07, 6.45) is 5.50. The van der Waals surface area contributed by atoms with Gasteiger partial charge in [0.2, 0.25) is 5.91 Å². The minimum atomic E-state index is -1.05. The molecule has 1 aromatic carbocycles. The lowest BCUT2D eigenvalue weighted by atomic mass is 9.99. The van der Waals surface area contributed by atoms with Crippen molar-refractivity contribution >= 4 is 23.9 Å². The van der Waals surface area contributed by atoms with Gasteiger partial charge in [-0.25, -0.2) is 4.79 Å². The Bertz CT molecular complexity index is 677. The number of carbonyl (C=O) groups excluding carboxylic acids is 3. The van der Waals surface area contributed by atoms with Crippen LogP contribution in [-0.2, 0) is 14.3 Å². The summed E-state index contributed by atoms with van der Waals surface area (Å²) in [6.45, 7) is 3.42. The molecular weight excluding hydrogens is 320 g/mol. The molecule has 2 rings (SSSR count). The third-order valence-corrected chi connectivity index (χ3v) is 4.25. The second kappa shape index (κ2) is 7.96. The van der Waals surface area contributed by atoms with Crippen LogP contribution in [0.4, 0.5) is 0 Å². The Kier molecular flexibility index (Phi) is 5.96. The number of nitrogens with one attached hydrogen (secondary N) is 2. The number of benzene rings is 1. The fraction of sp³-hybridized carbons (Fsp3) is 0.421. The standard InChI is InChI=1S/C19H24N2O4/c1-4-19(2,18(24)25-3)21-16(22)12-7-13-5-8-14(9-6-13)17(23)20-15-10-11-15/h5-9,12,15H,4,10-11H2,1-3H3,(H,20,23)(H,21,22)/b12-7-/t19-/m0/s1. The SMILES string of the molecule is CC[C@](C)(NC(=O)/C=C\c1ccc(C(=O)NC2CC2)cc1)C(=O)OC. The van der Waals surface area contributed by atoms with Crippen LogP contribution in [0.5, 0.6) is 0 Å². The third-order valence-electron chi connectivity index (χ3n) is 4.25. The summed E-state index contributed by atoms with van der Waals surface area (Å²) in [7, 11) is 1.29. The number of amides is 2. The third kappa shape index (κ3) is 5.17. The van der Waals surface area contributed by atoms with Gasteiger partial charge in [0.05, 0.1) is 7.11 Å². The number of rotatable bonds is 7. The Morgan fingerprint density at radius 1 is 1.24 bits per heavy atom. The van der Waals surface area contributed by atoms with Crippen LogP contribution in [0.3, 0.4) is 0 Å². The molecule has 0 saturated heterocycles. The molecule has 0 unspecified atom stereocenters. The summed E-state index contributed by atoms with van der Waals surface area (Å²) < 4.78 is 4.72. The van der Waals surface area contributed by atoms with Gasteiger partial charge in [-0.3, -0.25) is 9.59 Å². The predicted molar refractivity (Wildman–Crippen MR) is 94.8 cm³/mol. The average molecular weight is 344 g/mol. The maximum Gasteiger partial charge on any atom is 0.331 e. The van der Waals surface area contributed by atoms with Crippen LogP contribution in [-0.4, -0.2) is 36.5 Å². The van der Waals surface area contributed by atoms with Crippen molar-refractivity contribution in [3.8, 4) is 0 Å². The molecule has 0 heterocycles. The summed E-state index contributed by atoms with van der Waals surface area (Å²) >= 11 is 0. The molecule has 134 valence electrons. The highest BCUT2D eigenvalue weighted by Gasteiger charge is 2.33. The van der Waals surface area contributed by atoms with Gasteiger partial charge in [-0.15, -0.1) is 0 Å². The number of hydrogen-bond donors (Lipinski definition) is 2. The summed E-state index contributed by atoms with van der Waals surface area (Å²) in [5.74, 6) is -0.944. The fourth-order valence-corrected chi connectivity index (χ4v) is 2.24. The highest BCUT2D eigenvalue weighted by atomic mass is 16.5. The Balaban J connectivity index is 1.94. The van der Waals surface area contributed by atoms with Gasteiger partial charge in [0.15, 0.2) is 0 Å². The van der Waals surface area contributed by atoms with Crippen molar-refractivity contribution < 1.29 is 19.1 Å². The highest BCUT2D eigenvalue weighted by Crippen LogP contribution is 2.19. The van der Waals surface area contributed by atoms with E-state index in [9.17, 15) is 14.4 Å². The average Bonchev–Trinajstić information content (AvgIpc) is 3.43. The van der Waals surface area contributed by atoms with E-state index in [1.54, 1.807) is 44.2 Å². The van der Waals surface area contributed by atoms with Gasteiger partial charge in [-0.05, 0) is 50.0 Å². The zero-order valence-corrected chi connectivity index (χ0v) is 14.8. The van der Waals surface area contributed by atoms with E-state index in [2.05, 4.69) is 10.6 Å². The molecule has 2 amide bonds. The van der Waals surface area contributed by atoms with Crippen molar-refractivity contribution in [3.63, 3.8) is 0 Å². The van der Waals surface area contributed by atoms with Gasteiger partial charge in [0, 0.05) is 17.7 Å². The number of ether oxygens (including phenoxy) is 1. The first-order valence-electron chi connectivity index (χ1n) is 8.37. The predicted octanol–water partition coefficient (Wildman–Crippen LogP) is 2.05. The van der Waals surface area contributed by atoms with Crippen LogP contribution < -0.4 is 10.6 Å². The first kappa shape index (κ1) is 18.7. The van der Waals surface area contributed by atoms with Gasteiger partial charge in [0.1, 0.15) is 5.54 Å². The van der Waals surface area contributed by atoms with Crippen molar-refractivity contribution in [2.75, 3.05) is 7.11 Å². The molecular formula is C19H24N2O4. The smallest absolute Gasteiger partial charge is 0.331 e. The first-order chi connectivity index (χ1) is 11.9. The topological polar surface area (TPSA) is 84.5 Å². The van der Waals surface area contributed by atoms with E-state index < -0.39 is 11.5 Å². The molecule has 25 heavy (non-hydrogen) atoms. The molecule has 2 N–H and O–H groups in total. The lowest BCUT2D eigenvalue weighted by Gasteiger charge is -2.25. The largest absolute Gasteiger partial charge is 0.467 e. The summed E-state index contributed by atoms with van der Waals surface area (Å²) in [4.78, 5) is 35.7. The van der Waals surface area contributed by atoms with Gasteiger partial charge >= 0.3 is 5.97 Å². The highest BCUT2D eigenvalue weighted by molar-refractivity contribution is 5.97. The Morgan fingerprint density at radius 3 is 2.40 bits per heavy atom. The van der Waals surface area contributed by atoms with Gasteiger partial charge in [0.25, 0.3) is 5.91 Å². The monoisotopic (exact) mass is 344 g/mol. The number of hydrogen-bond acceptors (Lipinski definition) is 4. The van der Waals surface area contributed by atoms with Crippen LogP contribution in [0.2, 0.25) is 0 Å². The number of methoxy groups -OCH3 is 1. The second-order valence-corrected chi connectivity index (χ2v) is 6.37. The molecule has 0 radical (unpaired) electrons. The van der Waals surface area contributed by atoms with Crippen LogP contribution in [0.15, 0.2) is 30.3 Å². The number of carbonyl (C=O) groups is 3. The van der Waals surface area contributed by atoms with Crippen molar-refractivity contribution in [1.82, 2.24) is 10.6 Å². The zero-order valence-electron chi connectivity index (χ0n) is 14.8.